The van der Waals surface area contributed by atoms with Crippen molar-refractivity contribution in [2.75, 3.05) is 13.1 Å². The van der Waals surface area contributed by atoms with Crippen LogP contribution in [0.1, 0.15) is 78.6 Å². The largest absolute Gasteiger partial charge is 0.348 e. The fraction of sp³-hybridized carbons (Fsp3) is 0.632. The third-order valence-electron chi connectivity index (χ3n) is 5.07. The molecule has 5 heteroatoms. The van der Waals surface area contributed by atoms with Crippen molar-refractivity contribution in [3.05, 3.63) is 29.6 Å². The number of carbonyl (C=O) groups is 2. The summed E-state index contributed by atoms with van der Waals surface area (Å²) in [5.41, 5.74) is 0.918. The number of amides is 2. The average Bonchev–Trinajstić information content (AvgIpc) is 2.91. The van der Waals surface area contributed by atoms with Gasteiger partial charge in [0.05, 0.1) is 0 Å². The minimum atomic E-state index is -0.160. The summed E-state index contributed by atoms with van der Waals surface area (Å²) >= 11 is 0. The molecule has 24 heavy (non-hydrogen) atoms. The first-order valence-electron chi connectivity index (χ1n) is 9.30. The van der Waals surface area contributed by atoms with Crippen LogP contribution in [0.5, 0.6) is 0 Å². The summed E-state index contributed by atoms with van der Waals surface area (Å²) in [5, 5.41) is 3.06. The Kier molecular flexibility index (Phi) is 5.83. The maximum absolute atomic E-state index is 12.7. The Labute approximate surface area is 143 Å². The minimum absolute atomic E-state index is 0.0195. The van der Waals surface area contributed by atoms with Gasteiger partial charge in [0.15, 0.2) is 0 Å². The Morgan fingerprint density at radius 2 is 1.67 bits per heavy atom. The fourth-order valence-corrected chi connectivity index (χ4v) is 3.65. The highest BCUT2D eigenvalue weighted by atomic mass is 16.2. The van der Waals surface area contributed by atoms with Gasteiger partial charge in [0.2, 0.25) is 0 Å². The number of hydrogen-bond acceptors (Lipinski definition) is 3. The molecule has 2 fully saturated rings. The molecule has 0 atom stereocenters. The third kappa shape index (κ3) is 4.34. The van der Waals surface area contributed by atoms with E-state index in [0.717, 1.165) is 38.8 Å². The van der Waals surface area contributed by atoms with E-state index in [4.69, 9.17) is 0 Å². The quantitative estimate of drug-likeness (QED) is 0.926. The van der Waals surface area contributed by atoms with Crippen LogP contribution in [0.25, 0.3) is 0 Å². The summed E-state index contributed by atoms with van der Waals surface area (Å²) in [7, 11) is 0. The zero-order valence-electron chi connectivity index (χ0n) is 14.3. The van der Waals surface area contributed by atoms with Crippen LogP contribution in [0, 0.1) is 0 Å². The van der Waals surface area contributed by atoms with E-state index >= 15 is 0 Å². The summed E-state index contributed by atoms with van der Waals surface area (Å²) in [4.78, 5) is 31.2. The second-order valence-electron chi connectivity index (χ2n) is 6.94. The Morgan fingerprint density at radius 1 is 1.00 bits per heavy atom. The van der Waals surface area contributed by atoms with Gasteiger partial charge in [-0.2, -0.15) is 0 Å². The fourth-order valence-electron chi connectivity index (χ4n) is 3.65. The van der Waals surface area contributed by atoms with Crippen molar-refractivity contribution in [3.8, 4) is 0 Å². The monoisotopic (exact) mass is 329 g/mol. The molecule has 2 amide bonds. The molecule has 1 aliphatic heterocycles. The number of aromatic nitrogens is 1. The van der Waals surface area contributed by atoms with E-state index in [1.165, 1.54) is 32.1 Å². The van der Waals surface area contributed by atoms with Crippen LogP contribution in [0.15, 0.2) is 18.3 Å². The van der Waals surface area contributed by atoms with Crippen molar-refractivity contribution in [1.29, 1.82) is 0 Å². The first-order valence-corrected chi connectivity index (χ1v) is 9.30. The first-order chi connectivity index (χ1) is 11.7. The SMILES string of the molecule is O=C(NC1CCCCC1)c1cc(C(=O)N2CCCCCC2)ccn1. The Hall–Kier alpha value is -1.91. The maximum atomic E-state index is 12.7. The highest BCUT2D eigenvalue weighted by molar-refractivity contribution is 5.98. The number of likely N-dealkylation sites (tertiary alicyclic amines) is 1. The lowest BCUT2D eigenvalue weighted by atomic mass is 9.95. The van der Waals surface area contributed by atoms with Crippen molar-refractivity contribution in [2.45, 2.75) is 63.8 Å². The Morgan fingerprint density at radius 3 is 2.38 bits per heavy atom. The van der Waals surface area contributed by atoms with Crippen molar-refractivity contribution in [1.82, 2.24) is 15.2 Å². The Bertz CT molecular complexity index is 574. The van der Waals surface area contributed by atoms with Crippen LogP contribution >= 0.6 is 0 Å². The zero-order chi connectivity index (χ0) is 16.8. The summed E-state index contributed by atoms with van der Waals surface area (Å²) in [6.45, 7) is 1.62. The van der Waals surface area contributed by atoms with Crippen LogP contribution < -0.4 is 5.32 Å². The van der Waals surface area contributed by atoms with Gasteiger partial charge < -0.3 is 10.2 Å². The smallest absolute Gasteiger partial charge is 0.270 e. The van der Waals surface area contributed by atoms with Crippen LogP contribution in [0.2, 0.25) is 0 Å². The highest BCUT2D eigenvalue weighted by Crippen LogP contribution is 2.18. The molecule has 1 aromatic heterocycles. The van der Waals surface area contributed by atoms with Crippen LogP contribution in [0.4, 0.5) is 0 Å². The highest BCUT2D eigenvalue weighted by Gasteiger charge is 2.21. The predicted octanol–water partition coefficient (Wildman–Crippen LogP) is 3.16. The van der Waals surface area contributed by atoms with Gasteiger partial charge in [0.1, 0.15) is 5.69 Å². The molecule has 0 spiro atoms. The van der Waals surface area contributed by atoms with E-state index in [9.17, 15) is 9.59 Å². The lowest BCUT2D eigenvalue weighted by molar-refractivity contribution is 0.0761. The molecule has 3 rings (SSSR count). The normalized spacial score (nSPS) is 19.6. The number of nitrogens with one attached hydrogen (secondary N) is 1. The second-order valence-corrected chi connectivity index (χ2v) is 6.94. The first kappa shape index (κ1) is 16.9. The molecule has 0 unspecified atom stereocenters. The predicted molar refractivity (Wildman–Crippen MR) is 92.9 cm³/mol. The van der Waals surface area contributed by atoms with E-state index in [1.54, 1.807) is 18.3 Å². The van der Waals surface area contributed by atoms with E-state index < -0.39 is 0 Å². The van der Waals surface area contributed by atoms with Crippen molar-refractivity contribution in [2.24, 2.45) is 0 Å². The number of carbonyl (C=O) groups excluding carboxylic acids is 2. The molecule has 0 aromatic carbocycles. The summed E-state index contributed by atoms with van der Waals surface area (Å²) < 4.78 is 0. The number of rotatable bonds is 3. The molecule has 1 aliphatic carbocycles. The minimum Gasteiger partial charge on any atom is -0.348 e. The van der Waals surface area contributed by atoms with Crippen molar-refractivity contribution >= 4 is 11.8 Å². The molecule has 1 saturated heterocycles. The van der Waals surface area contributed by atoms with Gasteiger partial charge in [-0.05, 0) is 37.8 Å². The zero-order valence-corrected chi connectivity index (χ0v) is 14.3. The molecule has 0 radical (unpaired) electrons. The molecular weight excluding hydrogens is 302 g/mol. The standard InChI is InChI=1S/C19H27N3O2/c23-18(21-16-8-4-3-5-9-16)17-14-15(10-11-20-17)19(24)22-12-6-1-2-7-13-22/h10-11,14,16H,1-9,12-13H2,(H,21,23). The maximum Gasteiger partial charge on any atom is 0.270 e. The number of hydrogen-bond donors (Lipinski definition) is 1. The van der Waals surface area contributed by atoms with Crippen molar-refractivity contribution in [3.63, 3.8) is 0 Å². The van der Waals surface area contributed by atoms with Crippen molar-refractivity contribution < 1.29 is 9.59 Å². The molecule has 1 saturated carbocycles. The van der Waals surface area contributed by atoms with Crippen LogP contribution in [-0.2, 0) is 0 Å². The van der Waals surface area contributed by atoms with Crippen LogP contribution in [-0.4, -0.2) is 40.8 Å². The lowest BCUT2D eigenvalue weighted by Crippen LogP contribution is -2.37. The number of pyridine rings is 1. The molecule has 5 nitrogen and oxygen atoms in total. The van der Waals surface area contributed by atoms with Gasteiger partial charge in [-0.1, -0.05) is 32.1 Å². The molecule has 2 aliphatic rings. The Balaban J connectivity index is 1.66. The van der Waals surface area contributed by atoms with Gasteiger partial charge >= 0.3 is 0 Å². The summed E-state index contributed by atoms with van der Waals surface area (Å²) in [6, 6.07) is 3.61. The average molecular weight is 329 g/mol. The third-order valence-corrected chi connectivity index (χ3v) is 5.07. The summed E-state index contributed by atoms with van der Waals surface area (Å²) in [6.07, 6.45) is 11.8. The molecule has 2 heterocycles. The molecule has 130 valence electrons. The van der Waals surface area contributed by atoms with E-state index in [-0.39, 0.29) is 17.9 Å². The summed E-state index contributed by atoms with van der Waals surface area (Å²) in [5.74, 6) is -0.140. The molecule has 1 aromatic rings. The van der Waals surface area contributed by atoms with Gasteiger partial charge in [-0.25, -0.2) is 0 Å². The molecule has 1 N–H and O–H groups in total. The van der Waals surface area contributed by atoms with Crippen LogP contribution in [0.3, 0.4) is 0 Å². The van der Waals surface area contributed by atoms with Gasteiger partial charge in [0, 0.05) is 30.9 Å². The van der Waals surface area contributed by atoms with E-state index in [1.807, 2.05) is 4.90 Å². The lowest BCUT2D eigenvalue weighted by Gasteiger charge is -2.23. The molecule has 0 bridgehead atoms. The number of nitrogens with zero attached hydrogens (tertiary/aromatic N) is 2. The van der Waals surface area contributed by atoms with Gasteiger partial charge in [0.25, 0.3) is 11.8 Å². The van der Waals surface area contributed by atoms with E-state index in [0.29, 0.717) is 11.3 Å². The van der Waals surface area contributed by atoms with Gasteiger partial charge in [-0.3, -0.25) is 14.6 Å². The topological polar surface area (TPSA) is 62.3 Å². The van der Waals surface area contributed by atoms with E-state index in [2.05, 4.69) is 10.3 Å². The van der Waals surface area contributed by atoms with Gasteiger partial charge in [-0.15, -0.1) is 0 Å². The second kappa shape index (κ2) is 8.27. The molecular formula is C19H27N3O2.